The lowest BCUT2D eigenvalue weighted by molar-refractivity contribution is -0.118. The van der Waals surface area contributed by atoms with E-state index in [-0.39, 0.29) is 40.9 Å². The summed E-state index contributed by atoms with van der Waals surface area (Å²) in [7, 11) is -0.933. The van der Waals surface area contributed by atoms with E-state index >= 15 is 4.39 Å². The Kier molecular flexibility index (Phi) is 14.8. The average molecular weight is 928 g/mol. The number of hydrogen-bond donors (Lipinski definition) is 4. The van der Waals surface area contributed by atoms with Crippen molar-refractivity contribution in [2.45, 2.75) is 70.2 Å². The van der Waals surface area contributed by atoms with Crippen LogP contribution < -0.4 is 19.9 Å². The molecule has 1 aliphatic heterocycles. The van der Waals surface area contributed by atoms with Gasteiger partial charge in [-0.25, -0.2) is 24.0 Å². The number of methoxy groups -OCH3 is 2. The Labute approximate surface area is 382 Å². The van der Waals surface area contributed by atoms with E-state index in [1.807, 2.05) is 130 Å². The van der Waals surface area contributed by atoms with Gasteiger partial charge in [0.15, 0.2) is 22.8 Å². The van der Waals surface area contributed by atoms with Crippen molar-refractivity contribution < 1.29 is 47.2 Å². The van der Waals surface area contributed by atoms with Gasteiger partial charge in [0.05, 0.1) is 32.8 Å². The number of carbonyl (C=O) groups excluding carboxylic acids is 1. The molecule has 7 rings (SSSR count). The number of aromatic nitrogens is 3. The second-order valence-electron chi connectivity index (χ2n) is 16.5. The van der Waals surface area contributed by atoms with Crippen LogP contribution in [0.4, 0.5) is 10.2 Å². The number of ether oxygens (including phenoxy) is 3. The Balaban J connectivity index is 1.19. The van der Waals surface area contributed by atoms with Gasteiger partial charge in [-0.05, 0) is 59.9 Å². The van der Waals surface area contributed by atoms with E-state index in [1.54, 1.807) is 14.2 Å². The van der Waals surface area contributed by atoms with Gasteiger partial charge in [0.1, 0.15) is 47.0 Å². The third-order valence-corrected chi connectivity index (χ3v) is 14.6. The van der Waals surface area contributed by atoms with Crippen LogP contribution in [0.5, 0.6) is 11.5 Å². The van der Waals surface area contributed by atoms with Crippen LogP contribution in [0.1, 0.15) is 62.6 Å². The minimum atomic E-state index is -4.11. The van der Waals surface area contributed by atoms with Gasteiger partial charge in [0, 0.05) is 23.9 Å². The van der Waals surface area contributed by atoms with Gasteiger partial charge in [0.25, 0.3) is 0 Å². The quantitative estimate of drug-likeness (QED) is 0.0325. The zero-order valence-corrected chi connectivity index (χ0v) is 38.9. The van der Waals surface area contributed by atoms with Gasteiger partial charge in [-0.3, -0.25) is 18.4 Å². The molecule has 17 heteroatoms. The Bertz CT molecular complexity index is 2540. The molecule has 1 saturated heterocycles. The maximum Gasteiger partial charge on any atom is 0.405 e. The summed E-state index contributed by atoms with van der Waals surface area (Å²) in [5.74, 6) is 0.903. The smallest absolute Gasteiger partial charge is 0.405 e. The fourth-order valence-corrected chi connectivity index (χ4v) is 9.99. The Hall–Kier alpha value is -5.16. The monoisotopic (exact) mass is 927 g/mol. The summed E-state index contributed by atoms with van der Waals surface area (Å²) < 4.78 is 61.2. The zero-order valence-electron chi connectivity index (χ0n) is 37.1. The van der Waals surface area contributed by atoms with Gasteiger partial charge in [-0.15, -0.1) is 0 Å². The van der Waals surface area contributed by atoms with Crippen molar-refractivity contribution in [1.29, 1.82) is 0 Å². The Morgan fingerprint density at radius 1 is 0.908 bits per heavy atom. The number of benzene rings is 4. The van der Waals surface area contributed by atoms with Gasteiger partial charge < -0.3 is 29.7 Å². The number of carbonyl (C=O) groups is 1. The molecule has 0 radical (unpaired) electrons. The lowest BCUT2D eigenvalue weighted by Gasteiger charge is -2.37. The highest BCUT2D eigenvalue weighted by atomic mass is 32.2. The largest absolute Gasteiger partial charge is 0.497 e. The SMILES string of the molecule is CCC(C)(C)C(=O)SCCOP(=O)(NCc1ccccc1)OC[C@H]1O[C@@H](n2cc(F)c3c(NC(c4ccccc4)(c4ccc(OC)cc4)c4ccc(OC)cc4)ncnc32)C(C)(O)[C@H]1O. The van der Waals surface area contributed by atoms with E-state index in [4.69, 9.17) is 23.3 Å². The van der Waals surface area contributed by atoms with Crippen molar-refractivity contribution in [3.8, 4) is 11.5 Å². The lowest BCUT2D eigenvalue weighted by Crippen LogP contribution is -2.44. The number of thioether (sulfide) groups is 1. The van der Waals surface area contributed by atoms with Crippen LogP contribution in [0.3, 0.4) is 0 Å². The number of nitrogens with one attached hydrogen (secondary N) is 2. The van der Waals surface area contributed by atoms with Crippen LogP contribution in [0, 0.1) is 11.2 Å². The highest BCUT2D eigenvalue weighted by Gasteiger charge is 2.54. The standard InChI is InChI=1S/C48H55FN5O9PS/c1-7-46(2,3)45(56)65-27-26-61-64(58,52-28-32-14-10-8-11-15-32)62-30-39-41(55)47(4,57)44(63-39)54-29-38(49)40-42(50-31-51-43(40)54)53-48(33-16-12-9-13-17-33,34-18-22-36(59-5)23-19-34)35-20-24-37(60-6)25-21-35/h8-25,29,31,39,41,44,55,57H,7,26-28,30H2,1-6H3,(H,52,58)(H,50,51,53)/t39-,41+,44-,47?,64?/m1/s1. The minimum Gasteiger partial charge on any atom is -0.497 e. The molecule has 0 bridgehead atoms. The molecule has 2 aromatic heterocycles. The number of anilines is 1. The second-order valence-corrected chi connectivity index (χ2v) is 19.4. The molecule has 14 nitrogen and oxygen atoms in total. The third kappa shape index (κ3) is 10.2. The lowest BCUT2D eigenvalue weighted by atomic mass is 9.77. The maximum atomic E-state index is 16.7. The number of aliphatic hydroxyl groups is 2. The Morgan fingerprint density at radius 2 is 1.49 bits per heavy atom. The molecule has 1 fully saturated rings. The molecule has 0 spiro atoms. The van der Waals surface area contributed by atoms with Crippen molar-refractivity contribution in [2.75, 3.05) is 38.5 Å². The first-order chi connectivity index (χ1) is 31.2. The molecule has 4 aromatic carbocycles. The predicted molar refractivity (Wildman–Crippen MR) is 248 cm³/mol. The van der Waals surface area contributed by atoms with E-state index in [9.17, 15) is 19.6 Å². The molecule has 65 heavy (non-hydrogen) atoms. The van der Waals surface area contributed by atoms with E-state index in [2.05, 4.69) is 20.4 Å². The molecule has 5 atom stereocenters. The normalized spacial score (nSPS) is 19.8. The highest BCUT2D eigenvalue weighted by Crippen LogP contribution is 2.48. The molecule has 0 aliphatic carbocycles. The minimum absolute atomic E-state index is 0.00916. The molecule has 4 N–H and O–H groups in total. The summed E-state index contributed by atoms with van der Waals surface area (Å²) in [4.78, 5) is 21.8. The summed E-state index contributed by atoms with van der Waals surface area (Å²) in [6.45, 7) is 6.57. The molecule has 2 unspecified atom stereocenters. The number of rotatable bonds is 20. The van der Waals surface area contributed by atoms with Gasteiger partial charge in [0.2, 0.25) is 0 Å². The summed E-state index contributed by atoms with van der Waals surface area (Å²) in [5, 5.41) is 29.9. The first-order valence-electron chi connectivity index (χ1n) is 21.2. The van der Waals surface area contributed by atoms with E-state index < -0.39 is 55.2 Å². The zero-order chi connectivity index (χ0) is 46.4. The van der Waals surface area contributed by atoms with Crippen LogP contribution in [0.2, 0.25) is 0 Å². The second kappa shape index (κ2) is 20.1. The van der Waals surface area contributed by atoms with Crippen molar-refractivity contribution in [2.24, 2.45) is 5.41 Å². The first-order valence-corrected chi connectivity index (χ1v) is 23.7. The number of hydrogen-bond acceptors (Lipinski definition) is 13. The molecule has 6 aromatic rings. The Morgan fingerprint density at radius 3 is 2.08 bits per heavy atom. The van der Waals surface area contributed by atoms with Crippen molar-refractivity contribution >= 4 is 41.5 Å². The van der Waals surface area contributed by atoms with Crippen LogP contribution in [-0.2, 0) is 35.2 Å². The van der Waals surface area contributed by atoms with Crippen molar-refractivity contribution in [1.82, 2.24) is 19.6 Å². The maximum absolute atomic E-state index is 16.7. The van der Waals surface area contributed by atoms with Crippen molar-refractivity contribution in [3.05, 3.63) is 150 Å². The molecule has 344 valence electrons. The van der Waals surface area contributed by atoms with Crippen LogP contribution in [-0.4, -0.2) is 80.9 Å². The molecule has 0 amide bonds. The van der Waals surface area contributed by atoms with Crippen molar-refractivity contribution in [3.63, 3.8) is 0 Å². The number of nitrogens with zero attached hydrogens (tertiary/aromatic N) is 3. The summed E-state index contributed by atoms with van der Waals surface area (Å²) in [5.41, 5.74) is -0.502. The van der Waals surface area contributed by atoms with Gasteiger partial charge in [-0.2, -0.15) is 0 Å². The average Bonchev–Trinajstić information content (AvgIpc) is 3.79. The third-order valence-electron chi connectivity index (χ3n) is 11.9. The molecular weight excluding hydrogens is 873 g/mol. The summed E-state index contributed by atoms with van der Waals surface area (Å²) in [6, 6.07) is 33.9. The molecular formula is C48H55FN5O9PS. The number of aliphatic hydroxyl groups excluding tert-OH is 1. The van der Waals surface area contributed by atoms with Gasteiger partial charge >= 0.3 is 7.75 Å². The number of fused-ring (bicyclic) bond motifs is 1. The first kappa shape index (κ1) is 47.8. The highest BCUT2D eigenvalue weighted by molar-refractivity contribution is 8.13. The topological polar surface area (TPSA) is 176 Å². The van der Waals surface area contributed by atoms with Crippen LogP contribution >= 0.6 is 19.5 Å². The molecule has 1 aliphatic rings. The fourth-order valence-electron chi connectivity index (χ4n) is 7.67. The van der Waals surface area contributed by atoms with E-state index in [0.717, 1.165) is 40.2 Å². The van der Waals surface area contributed by atoms with Crippen LogP contribution in [0.25, 0.3) is 11.0 Å². The fraction of sp³-hybridized carbons (Fsp3) is 0.354. The molecule has 0 saturated carbocycles. The molecule has 3 heterocycles. The summed E-state index contributed by atoms with van der Waals surface area (Å²) in [6.07, 6.45) is -1.18. The predicted octanol–water partition coefficient (Wildman–Crippen LogP) is 8.63. The number of halogens is 1. The van der Waals surface area contributed by atoms with E-state index in [0.29, 0.717) is 17.9 Å². The van der Waals surface area contributed by atoms with E-state index in [1.165, 1.54) is 17.8 Å². The van der Waals surface area contributed by atoms with Crippen LogP contribution in [0.15, 0.2) is 122 Å². The summed E-state index contributed by atoms with van der Waals surface area (Å²) >= 11 is 1.09. The van der Waals surface area contributed by atoms with Gasteiger partial charge in [-0.1, -0.05) is 117 Å².